The summed E-state index contributed by atoms with van der Waals surface area (Å²) >= 11 is 0. The van der Waals surface area contributed by atoms with Crippen LogP contribution in [0.3, 0.4) is 0 Å². The Hall–Kier alpha value is -0.313. The fraction of sp³-hybridized carbons (Fsp3) is 0.875. The molecule has 0 rings (SSSR count). The first-order valence-electron chi connectivity index (χ1n) is 4.26. The highest BCUT2D eigenvalue weighted by molar-refractivity contribution is 6.79. The van der Waals surface area contributed by atoms with E-state index in [4.69, 9.17) is 5.73 Å². The molecule has 1 amide bonds. The molecule has 0 aliphatic carbocycles. The van der Waals surface area contributed by atoms with Crippen LogP contribution in [-0.4, -0.2) is 14.0 Å². The summed E-state index contributed by atoms with van der Waals surface area (Å²) in [6, 6.07) is 1.87. The Morgan fingerprint density at radius 2 is 2.00 bits per heavy atom. The molecule has 0 fully saturated rings. The van der Waals surface area contributed by atoms with Gasteiger partial charge in [0.15, 0.2) is 0 Å². The zero-order chi connectivity index (χ0) is 8.91. The largest absolute Gasteiger partial charge is 0.370 e. The number of unbranched alkanes of at least 4 members (excludes halogenated alkanes) is 1. The van der Waals surface area contributed by atoms with Crippen molar-refractivity contribution in [2.24, 2.45) is 5.73 Å². The van der Waals surface area contributed by atoms with Gasteiger partial charge < -0.3 is 5.73 Å². The lowest BCUT2D eigenvalue weighted by atomic mass is 10.4. The van der Waals surface area contributed by atoms with Crippen molar-refractivity contribution in [1.82, 2.24) is 0 Å². The molecule has 0 unspecified atom stereocenters. The maximum Gasteiger partial charge on any atom is 0.214 e. The van der Waals surface area contributed by atoms with E-state index >= 15 is 0 Å². The van der Waals surface area contributed by atoms with Gasteiger partial charge in [0.05, 0.1) is 8.07 Å². The lowest BCUT2D eigenvalue weighted by Crippen LogP contribution is -2.31. The second kappa shape index (κ2) is 4.54. The Morgan fingerprint density at radius 1 is 1.45 bits per heavy atom. The highest BCUT2D eigenvalue weighted by Crippen LogP contribution is 2.17. The summed E-state index contributed by atoms with van der Waals surface area (Å²) in [7, 11) is -1.26. The van der Waals surface area contributed by atoms with Crippen molar-refractivity contribution in [2.75, 3.05) is 0 Å². The van der Waals surface area contributed by atoms with Crippen molar-refractivity contribution < 1.29 is 4.79 Å². The summed E-state index contributed by atoms with van der Waals surface area (Å²) in [5.41, 5.74) is 5.15. The van der Waals surface area contributed by atoms with E-state index in [-0.39, 0.29) is 5.91 Å². The molecule has 0 radical (unpaired) electrons. The number of hydrogen-bond acceptors (Lipinski definition) is 1. The van der Waals surface area contributed by atoms with Gasteiger partial charge in [-0.2, -0.15) is 0 Å². The summed E-state index contributed by atoms with van der Waals surface area (Å²) in [6.07, 6.45) is 2.46. The molecule has 2 nitrogen and oxygen atoms in total. The first-order valence-corrected chi connectivity index (χ1v) is 7.67. The van der Waals surface area contributed by atoms with Gasteiger partial charge in [0, 0.05) is 6.04 Å². The normalized spacial score (nSPS) is 11.5. The number of nitrogens with two attached hydrogens (primary N) is 1. The number of amides is 1. The highest BCUT2D eigenvalue weighted by atomic mass is 28.3. The third kappa shape index (κ3) is 6.10. The van der Waals surface area contributed by atoms with Gasteiger partial charge in [-0.05, 0) is 0 Å². The Balaban J connectivity index is 3.70. The van der Waals surface area contributed by atoms with E-state index in [1.807, 2.05) is 0 Å². The Kier molecular flexibility index (Phi) is 4.41. The van der Waals surface area contributed by atoms with E-state index in [0.29, 0.717) is 6.04 Å². The fourth-order valence-corrected chi connectivity index (χ4v) is 3.65. The Bertz CT molecular complexity index is 134. The number of carbonyl (C=O) groups excluding carboxylic acids is 1. The van der Waals surface area contributed by atoms with E-state index in [0.717, 1.165) is 0 Å². The van der Waals surface area contributed by atoms with E-state index in [9.17, 15) is 4.79 Å². The SMILES string of the molecule is CCCC[Si](C)(C)CC(N)=O. The molecule has 11 heavy (non-hydrogen) atoms. The fourth-order valence-electron chi connectivity index (χ4n) is 1.22. The van der Waals surface area contributed by atoms with E-state index in [2.05, 4.69) is 20.0 Å². The second-order valence-electron chi connectivity index (χ2n) is 3.91. The molecule has 0 saturated heterocycles. The van der Waals surface area contributed by atoms with E-state index < -0.39 is 8.07 Å². The topological polar surface area (TPSA) is 43.1 Å². The van der Waals surface area contributed by atoms with Gasteiger partial charge in [0.25, 0.3) is 0 Å². The quantitative estimate of drug-likeness (QED) is 0.635. The number of carbonyl (C=O) groups is 1. The standard InChI is InChI=1S/C8H19NOSi/c1-4-5-6-11(2,3)7-8(9)10/h4-7H2,1-3H3,(H2,9,10). The number of rotatable bonds is 5. The molecule has 0 bridgehead atoms. The van der Waals surface area contributed by atoms with Crippen LogP contribution in [0.25, 0.3) is 0 Å². The average Bonchev–Trinajstić information content (AvgIpc) is 1.81. The second-order valence-corrected chi connectivity index (χ2v) is 9.09. The zero-order valence-corrected chi connectivity index (χ0v) is 8.81. The van der Waals surface area contributed by atoms with Crippen molar-refractivity contribution in [1.29, 1.82) is 0 Å². The molecule has 3 heteroatoms. The minimum Gasteiger partial charge on any atom is -0.370 e. The monoisotopic (exact) mass is 173 g/mol. The average molecular weight is 173 g/mol. The predicted molar refractivity (Wildman–Crippen MR) is 51.2 cm³/mol. The zero-order valence-electron chi connectivity index (χ0n) is 7.81. The van der Waals surface area contributed by atoms with Gasteiger partial charge in [-0.1, -0.05) is 38.9 Å². The van der Waals surface area contributed by atoms with Crippen LogP contribution in [0.5, 0.6) is 0 Å². The number of hydrogen-bond donors (Lipinski definition) is 1. The third-order valence-corrected chi connectivity index (χ3v) is 4.87. The molecule has 0 aliphatic rings. The van der Waals surface area contributed by atoms with E-state index in [1.54, 1.807) is 0 Å². The maximum atomic E-state index is 10.6. The van der Waals surface area contributed by atoms with Crippen LogP contribution in [0, 0.1) is 0 Å². The smallest absolute Gasteiger partial charge is 0.214 e. The van der Waals surface area contributed by atoms with Crippen LogP contribution in [-0.2, 0) is 4.79 Å². The minimum atomic E-state index is -1.26. The molecule has 66 valence electrons. The molecule has 0 heterocycles. The molecule has 0 aliphatic heterocycles. The molecular formula is C8H19NOSi. The first-order chi connectivity index (χ1) is 4.98. The van der Waals surface area contributed by atoms with Gasteiger partial charge in [-0.25, -0.2) is 0 Å². The van der Waals surface area contributed by atoms with Crippen LogP contribution >= 0.6 is 0 Å². The molecule has 0 atom stereocenters. The maximum absolute atomic E-state index is 10.6. The van der Waals surface area contributed by atoms with Crippen LogP contribution in [0.1, 0.15) is 19.8 Å². The number of primary amides is 1. The minimum absolute atomic E-state index is 0.127. The summed E-state index contributed by atoms with van der Waals surface area (Å²) in [5, 5.41) is 0. The van der Waals surface area contributed by atoms with Gasteiger partial charge in [0.2, 0.25) is 5.91 Å². The predicted octanol–water partition coefficient (Wildman–Crippen LogP) is 1.98. The van der Waals surface area contributed by atoms with Gasteiger partial charge in [-0.3, -0.25) is 4.79 Å². The molecule has 0 saturated carbocycles. The molecule has 0 aromatic rings. The molecule has 0 aromatic heterocycles. The summed E-state index contributed by atoms with van der Waals surface area (Å²) < 4.78 is 0. The summed E-state index contributed by atoms with van der Waals surface area (Å²) in [6.45, 7) is 6.63. The van der Waals surface area contributed by atoms with Crippen molar-refractivity contribution in [2.45, 2.75) is 44.9 Å². The molecule has 2 N–H and O–H groups in total. The van der Waals surface area contributed by atoms with Crippen molar-refractivity contribution in [3.05, 3.63) is 0 Å². The van der Waals surface area contributed by atoms with Gasteiger partial charge in [-0.15, -0.1) is 0 Å². The lowest BCUT2D eigenvalue weighted by Gasteiger charge is -2.19. The molecule has 0 aromatic carbocycles. The van der Waals surface area contributed by atoms with Crippen molar-refractivity contribution in [3.8, 4) is 0 Å². The Morgan fingerprint density at radius 3 is 2.36 bits per heavy atom. The summed E-state index contributed by atoms with van der Waals surface area (Å²) in [5.74, 6) is -0.127. The van der Waals surface area contributed by atoms with Crippen molar-refractivity contribution >= 4 is 14.0 Å². The highest BCUT2D eigenvalue weighted by Gasteiger charge is 2.21. The summed E-state index contributed by atoms with van der Waals surface area (Å²) in [4.78, 5) is 10.6. The lowest BCUT2D eigenvalue weighted by molar-refractivity contribution is -0.116. The first kappa shape index (κ1) is 10.7. The van der Waals surface area contributed by atoms with Crippen molar-refractivity contribution in [3.63, 3.8) is 0 Å². The third-order valence-electron chi connectivity index (χ3n) is 1.86. The van der Waals surface area contributed by atoms with Gasteiger partial charge >= 0.3 is 0 Å². The van der Waals surface area contributed by atoms with Crippen LogP contribution < -0.4 is 5.73 Å². The van der Waals surface area contributed by atoms with Crippen LogP contribution in [0.2, 0.25) is 25.2 Å². The van der Waals surface area contributed by atoms with Gasteiger partial charge in [0.1, 0.15) is 0 Å². The van der Waals surface area contributed by atoms with E-state index in [1.165, 1.54) is 18.9 Å². The van der Waals surface area contributed by atoms with Crippen LogP contribution in [0.4, 0.5) is 0 Å². The molecular weight excluding hydrogens is 154 g/mol. The Labute approximate surface area is 70.2 Å². The van der Waals surface area contributed by atoms with Crippen LogP contribution in [0.15, 0.2) is 0 Å². The molecule has 0 spiro atoms.